The zero-order valence-corrected chi connectivity index (χ0v) is 16.8. The van der Waals surface area contributed by atoms with Gasteiger partial charge in [0.15, 0.2) is 12.6 Å². The summed E-state index contributed by atoms with van der Waals surface area (Å²) in [6, 6.07) is 7.28. The first-order valence-corrected chi connectivity index (χ1v) is 10.1. The van der Waals surface area contributed by atoms with E-state index in [1.54, 1.807) is 7.11 Å². The Labute approximate surface area is 166 Å². The molecule has 1 aromatic rings. The summed E-state index contributed by atoms with van der Waals surface area (Å²) in [7, 11) is 1.60. The molecule has 2 aliphatic rings. The number of benzene rings is 1. The highest BCUT2D eigenvalue weighted by atomic mass is 16.5. The van der Waals surface area contributed by atoms with Crippen molar-refractivity contribution in [1.29, 1.82) is 0 Å². The van der Waals surface area contributed by atoms with E-state index in [2.05, 4.69) is 5.32 Å². The van der Waals surface area contributed by atoms with Gasteiger partial charge < -0.3 is 29.5 Å². The third-order valence-electron chi connectivity index (χ3n) is 5.73. The van der Waals surface area contributed by atoms with Gasteiger partial charge in [0.05, 0.1) is 26.0 Å². The highest BCUT2D eigenvalue weighted by Crippen LogP contribution is 2.22. The number of carbonyl (C=O) groups is 2. The number of ether oxygens (including phenoxy) is 2. The van der Waals surface area contributed by atoms with Crippen molar-refractivity contribution in [2.75, 3.05) is 71.5 Å². The Balaban J connectivity index is 1.46. The SMILES string of the molecule is COc1ccccc1NC(=O)[C@H](C)[NH+]1CC[NH+](CC(=O)N2CCOCC2)CC1. The van der Waals surface area contributed by atoms with Gasteiger partial charge in [-0.25, -0.2) is 0 Å². The summed E-state index contributed by atoms with van der Waals surface area (Å²) in [6.07, 6.45) is 0. The number of nitrogens with zero attached hydrogens (tertiary/aromatic N) is 1. The fraction of sp³-hybridized carbons (Fsp3) is 0.600. The quantitative estimate of drug-likeness (QED) is 0.507. The van der Waals surface area contributed by atoms with Gasteiger partial charge in [-0.3, -0.25) is 9.59 Å². The molecule has 1 atom stereocenters. The van der Waals surface area contributed by atoms with Crippen LogP contribution in [0.1, 0.15) is 6.92 Å². The molecule has 0 spiro atoms. The number of anilines is 1. The summed E-state index contributed by atoms with van der Waals surface area (Å²) in [5.74, 6) is 0.866. The lowest BCUT2D eigenvalue weighted by molar-refractivity contribution is -1.01. The third-order valence-corrected chi connectivity index (χ3v) is 5.73. The van der Waals surface area contributed by atoms with Gasteiger partial charge in [-0.05, 0) is 19.1 Å². The predicted octanol–water partition coefficient (Wildman–Crippen LogP) is -2.34. The van der Waals surface area contributed by atoms with Gasteiger partial charge in [-0.15, -0.1) is 0 Å². The van der Waals surface area contributed by atoms with Crippen molar-refractivity contribution in [1.82, 2.24) is 4.90 Å². The van der Waals surface area contributed by atoms with E-state index in [1.165, 1.54) is 9.80 Å². The molecular weight excluding hydrogens is 360 g/mol. The maximum atomic E-state index is 12.7. The standard InChI is InChI=1S/C20H30N4O4/c1-16(20(26)21-17-5-3-4-6-18(17)27-2)23-9-7-22(8-10-23)15-19(25)24-11-13-28-14-12-24/h3-6,16H,7-15H2,1-2H3,(H,21,26)/p+2/t16-/m0/s1. The summed E-state index contributed by atoms with van der Waals surface area (Å²) >= 11 is 0. The molecule has 0 unspecified atom stereocenters. The van der Waals surface area contributed by atoms with Crippen molar-refractivity contribution in [3.05, 3.63) is 24.3 Å². The van der Waals surface area contributed by atoms with Crippen LogP contribution in [-0.4, -0.2) is 88.9 Å². The Bertz CT molecular complexity index is 670. The van der Waals surface area contributed by atoms with Crippen LogP contribution < -0.4 is 19.9 Å². The van der Waals surface area contributed by atoms with Crippen molar-refractivity contribution in [2.45, 2.75) is 13.0 Å². The van der Waals surface area contributed by atoms with E-state index in [1.807, 2.05) is 36.1 Å². The molecule has 2 saturated heterocycles. The summed E-state index contributed by atoms with van der Waals surface area (Å²) in [5, 5.41) is 2.98. The molecule has 0 aromatic heterocycles. The van der Waals surface area contributed by atoms with Gasteiger partial charge in [0.25, 0.3) is 11.8 Å². The Kier molecular flexibility index (Phi) is 7.24. The number of piperazine rings is 1. The van der Waals surface area contributed by atoms with Crippen LogP contribution in [-0.2, 0) is 14.3 Å². The Morgan fingerprint density at radius 1 is 1.18 bits per heavy atom. The van der Waals surface area contributed by atoms with Gasteiger partial charge in [0.2, 0.25) is 0 Å². The van der Waals surface area contributed by atoms with Crippen LogP contribution in [0.15, 0.2) is 24.3 Å². The summed E-state index contributed by atoms with van der Waals surface area (Å²) in [6.45, 7) is 8.73. The van der Waals surface area contributed by atoms with Gasteiger partial charge in [-0.1, -0.05) is 12.1 Å². The molecule has 0 bridgehead atoms. The first kappa shape index (κ1) is 20.6. The molecular formula is C20H32N4O4+2. The Hall–Kier alpha value is -2.16. The van der Waals surface area contributed by atoms with Crippen molar-refractivity contribution in [3.63, 3.8) is 0 Å². The molecule has 154 valence electrons. The minimum Gasteiger partial charge on any atom is -0.495 e. The Morgan fingerprint density at radius 2 is 1.86 bits per heavy atom. The van der Waals surface area contributed by atoms with Gasteiger partial charge in [0.1, 0.15) is 31.9 Å². The lowest BCUT2D eigenvalue weighted by Gasteiger charge is -2.34. The topological polar surface area (TPSA) is 76.8 Å². The molecule has 8 heteroatoms. The molecule has 1 aromatic carbocycles. The van der Waals surface area contributed by atoms with Gasteiger partial charge in [-0.2, -0.15) is 0 Å². The van der Waals surface area contributed by atoms with Crippen molar-refractivity contribution < 1.29 is 28.9 Å². The molecule has 2 aliphatic heterocycles. The summed E-state index contributed by atoms with van der Waals surface area (Å²) < 4.78 is 10.6. The van der Waals surface area contributed by atoms with Crippen LogP contribution in [0.25, 0.3) is 0 Å². The molecule has 0 radical (unpaired) electrons. The molecule has 2 amide bonds. The normalized spacial score (nSPS) is 23.7. The van der Waals surface area contributed by atoms with Gasteiger partial charge >= 0.3 is 0 Å². The van der Waals surface area contributed by atoms with Gasteiger partial charge in [0, 0.05) is 13.1 Å². The van der Waals surface area contributed by atoms with Crippen LogP contribution in [0.5, 0.6) is 5.75 Å². The number of hydrogen-bond acceptors (Lipinski definition) is 4. The van der Waals surface area contributed by atoms with Crippen molar-refractivity contribution in [3.8, 4) is 5.75 Å². The van der Waals surface area contributed by atoms with E-state index in [9.17, 15) is 9.59 Å². The fourth-order valence-electron chi connectivity index (χ4n) is 3.85. The number of para-hydroxylation sites is 2. The lowest BCUT2D eigenvalue weighted by Crippen LogP contribution is -3.30. The first-order chi connectivity index (χ1) is 13.6. The minimum atomic E-state index is -0.151. The van der Waals surface area contributed by atoms with E-state index < -0.39 is 0 Å². The number of amides is 2. The number of hydrogen-bond donors (Lipinski definition) is 3. The lowest BCUT2D eigenvalue weighted by atomic mass is 10.2. The minimum absolute atomic E-state index is 0.00709. The predicted molar refractivity (Wildman–Crippen MR) is 105 cm³/mol. The second-order valence-corrected chi connectivity index (χ2v) is 7.49. The molecule has 3 N–H and O–H groups in total. The molecule has 0 aliphatic carbocycles. The van der Waals surface area contributed by atoms with Crippen LogP contribution in [0.2, 0.25) is 0 Å². The highest BCUT2D eigenvalue weighted by molar-refractivity contribution is 5.94. The molecule has 28 heavy (non-hydrogen) atoms. The first-order valence-electron chi connectivity index (χ1n) is 10.1. The second-order valence-electron chi connectivity index (χ2n) is 7.49. The second kappa shape index (κ2) is 9.86. The zero-order chi connectivity index (χ0) is 19.9. The van der Waals surface area contributed by atoms with E-state index in [-0.39, 0.29) is 17.9 Å². The van der Waals surface area contributed by atoms with Crippen molar-refractivity contribution in [2.24, 2.45) is 0 Å². The monoisotopic (exact) mass is 392 g/mol. The number of methoxy groups -OCH3 is 1. The number of nitrogens with one attached hydrogen (secondary N) is 3. The smallest absolute Gasteiger partial charge is 0.282 e. The molecule has 3 rings (SSSR count). The van der Waals surface area contributed by atoms with E-state index in [4.69, 9.17) is 9.47 Å². The largest absolute Gasteiger partial charge is 0.495 e. The zero-order valence-electron chi connectivity index (χ0n) is 16.8. The van der Waals surface area contributed by atoms with Crippen LogP contribution in [0, 0.1) is 0 Å². The van der Waals surface area contributed by atoms with Crippen LogP contribution >= 0.6 is 0 Å². The highest BCUT2D eigenvalue weighted by Gasteiger charge is 2.33. The number of carbonyl (C=O) groups excluding carboxylic acids is 2. The summed E-state index contributed by atoms with van der Waals surface area (Å²) in [5.41, 5.74) is 0.696. The van der Waals surface area contributed by atoms with E-state index >= 15 is 0 Å². The fourth-order valence-corrected chi connectivity index (χ4v) is 3.85. The Morgan fingerprint density at radius 3 is 2.54 bits per heavy atom. The molecule has 2 fully saturated rings. The third kappa shape index (κ3) is 5.21. The number of rotatable bonds is 6. The summed E-state index contributed by atoms with van der Waals surface area (Å²) in [4.78, 5) is 29.6. The average Bonchev–Trinajstić information content (AvgIpc) is 2.74. The van der Waals surface area contributed by atoms with Crippen molar-refractivity contribution >= 4 is 17.5 Å². The van der Waals surface area contributed by atoms with E-state index in [0.717, 1.165) is 26.2 Å². The van der Waals surface area contributed by atoms with Crippen LogP contribution in [0.4, 0.5) is 5.69 Å². The number of quaternary nitrogens is 2. The van der Waals surface area contributed by atoms with Crippen LogP contribution in [0.3, 0.4) is 0 Å². The van der Waals surface area contributed by atoms with E-state index in [0.29, 0.717) is 44.3 Å². The maximum absolute atomic E-state index is 12.7. The number of morpholine rings is 1. The molecule has 2 heterocycles. The molecule has 0 saturated carbocycles. The molecule has 8 nitrogen and oxygen atoms in total. The average molecular weight is 393 g/mol. The maximum Gasteiger partial charge on any atom is 0.282 e.